The van der Waals surface area contributed by atoms with E-state index in [9.17, 15) is 0 Å². The minimum absolute atomic E-state index is 0.540. The van der Waals surface area contributed by atoms with Crippen molar-refractivity contribution in [2.45, 2.75) is 13.5 Å². The lowest BCUT2D eigenvalue weighted by molar-refractivity contribution is 1.06. The average Bonchev–Trinajstić information content (AvgIpc) is 3.24. The molecule has 0 fully saturated rings. The molecule has 1 aromatic carbocycles. The lowest BCUT2D eigenvalue weighted by atomic mass is 10.2. The molecule has 8 heteroatoms. The third-order valence-corrected chi connectivity index (χ3v) is 5.38. The van der Waals surface area contributed by atoms with Gasteiger partial charge < -0.3 is 5.32 Å². The zero-order chi connectivity index (χ0) is 17.4. The number of aromatic amines is 1. The van der Waals surface area contributed by atoms with Crippen LogP contribution in [0.4, 0.5) is 5.82 Å². The van der Waals surface area contributed by atoms with Gasteiger partial charge in [0.05, 0.1) is 15.4 Å². The van der Waals surface area contributed by atoms with E-state index in [0.29, 0.717) is 22.4 Å². The highest BCUT2D eigenvalue weighted by molar-refractivity contribution is 7.18. The summed E-state index contributed by atoms with van der Waals surface area (Å²) in [5, 5.41) is 12.4. The average molecular weight is 390 g/mol. The molecule has 25 heavy (non-hydrogen) atoms. The van der Waals surface area contributed by atoms with Gasteiger partial charge in [-0.15, -0.1) is 11.3 Å². The Morgan fingerprint density at radius 3 is 2.76 bits per heavy atom. The Labute approximate surface area is 158 Å². The largest absolute Gasteiger partial charge is 0.365 e. The number of nitrogens with zero attached hydrogens (tertiary/aromatic N) is 3. The van der Waals surface area contributed by atoms with Gasteiger partial charge in [0.1, 0.15) is 16.3 Å². The van der Waals surface area contributed by atoms with Crippen molar-refractivity contribution < 1.29 is 0 Å². The summed E-state index contributed by atoms with van der Waals surface area (Å²) >= 11 is 13.7. The summed E-state index contributed by atoms with van der Waals surface area (Å²) in [5.41, 5.74) is 1.81. The number of thiophene rings is 1. The van der Waals surface area contributed by atoms with Gasteiger partial charge in [0.2, 0.25) is 0 Å². The number of halogens is 2. The molecule has 0 saturated carbocycles. The molecule has 4 rings (SSSR count). The summed E-state index contributed by atoms with van der Waals surface area (Å²) in [6.07, 6.45) is 1.69. The maximum absolute atomic E-state index is 6.09. The molecule has 0 aliphatic heterocycles. The van der Waals surface area contributed by atoms with Gasteiger partial charge in [-0.05, 0) is 36.8 Å². The van der Waals surface area contributed by atoms with Crippen LogP contribution in [0.1, 0.15) is 10.4 Å². The van der Waals surface area contributed by atoms with E-state index in [-0.39, 0.29) is 0 Å². The highest BCUT2D eigenvalue weighted by Crippen LogP contribution is 2.31. The van der Waals surface area contributed by atoms with Crippen molar-refractivity contribution in [1.82, 2.24) is 20.2 Å². The van der Waals surface area contributed by atoms with E-state index in [2.05, 4.69) is 38.5 Å². The van der Waals surface area contributed by atoms with Crippen molar-refractivity contribution in [1.29, 1.82) is 0 Å². The molecule has 126 valence electrons. The molecule has 0 spiro atoms. The monoisotopic (exact) mass is 389 g/mol. The first-order valence-electron chi connectivity index (χ1n) is 7.56. The maximum atomic E-state index is 6.09. The second-order valence-electron chi connectivity index (χ2n) is 5.54. The van der Waals surface area contributed by atoms with Crippen LogP contribution in [-0.2, 0) is 6.54 Å². The second kappa shape index (κ2) is 6.63. The number of aromatic nitrogens is 4. The second-order valence-corrected chi connectivity index (χ2v) is 7.59. The smallest absolute Gasteiger partial charge is 0.180 e. The van der Waals surface area contributed by atoms with E-state index in [1.165, 1.54) is 4.88 Å². The fourth-order valence-corrected chi connectivity index (χ4v) is 3.71. The van der Waals surface area contributed by atoms with Crippen molar-refractivity contribution in [2.75, 3.05) is 5.32 Å². The number of benzene rings is 1. The van der Waals surface area contributed by atoms with Crippen LogP contribution in [-0.4, -0.2) is 20.2 Å². The van der Waals surface area contributed by atoms with E-state index in [1.807, 2.05) is 18.2 Å². The summed E-state index contributed by atoms with van der Waals surface area (Å²) < 4.78 is 0. The Morgan fingerprint density at radius 2 is 2.00 bits per heavy atom. The van der Waals surface area contributed by atoms with Gasteiger partial charge in [-0.25, -0.2) is 9.97 Å². The quantitative estimate of drug-likeness (QED) is 0.496. The summed E-state index contributed by atoms with van der Waals surface area (Å²) in [6, 6.07) is 9.53. The highest BCUT2D eigenvalue weighted by atomic mass is 35.5. The van der Waals surface area contributed by atoms with Crippen molar-refractivity contribution >= 4 is 50.6 Å². The molecule has 3 aromatic heterocycles. The Balaban J connectivity index is 1.70. The van der Waals surface area contributed by atoms with Crippen molar-refractivity contribution in [3.05, 3.63) is 57.0 Å². The number of fused-ring (bicyclic) bond motifs is 1. The van der Waals surface area contributed by atoms with E-state index < -0.39 is 0 Å². The zero-order valence-corrected chi connectivity index (χ0v) is 15.5. The molecule has 4 aromatic rings. The van der Waals surface area contributed by atoms with E-state index in [1.54, 1.807) is 23.6 Å². The molecule has 0 aliphatic carbocycles. The highest BCUT2D eigenvalue weighted by Gasteiger charge is 2.13. The SMILES string of the molecule is Cc1cc2c(NCc3ccc(Cl)c(Cl)c3)nc(-c3ccn[nH]3)nc2s1. The van der Waals surface area contributed by atoms with E-state index >= 15 is 0 Å². The van der Waals surface area contributed by atoms with Gasteiger partial charge in [0, 0.05) is 17.6 Å². The van der Waals surface area contributed by atoms with Gasteiger partial charge in [-0.1, -0.05) is 29.3 Å². The molecule has 0 radical (unpaired) electrons. The molecular formula is C17H13Cl2N5S. The molecule has 0 atom stereocenters. The van der Waals surface area contributed by atoms with Crippen LogP contribution in [0.3, 0.4) is 0 Å². The predicted molar refractivity (Wildman–Crippen MR) is 104 cm³/mol. The summed E-state index contributed by atoms with van der Waals surface area (Å²) in [4.78, 5) is 11.4. The van der Waals surface area contributed by atoms with Gasteiger partial charge in [-0.2, -0.15) is 5.10 Å². The first kappa shape index (κ1) is 16.3. The normalized spacial score (nSPS) is 11.2. The third kappa shape index (κ3) is 3.33. The first-order chi connectivity index (χ1) is 12.1. The molecule has 2 N–H and O–H groups in total. The molecule has 0 saturated heterocycles. The molecular weight excluding hydrogens is 377 g/mol. The molecule has 5 nitrogen and oxygen atoms in total. The van der Waals surface area contributed by atoms with E-state index in [4.69, 9.17) is 23.2 Å². The van der Waals surface area contributed by atoms with Gasteiger partial charge >= 0.3 is 0 Å². The Kier molecular flexibility index (Phi) is 4.33. The van der Waals surface area contributed by atoms with Gasteiger partial charge in [-0.3, -0.25) is 5.10 Å². The Hall–Kier alpha value is -2.15. The van der Waals surface area contributed by atoms with Crippen LogP contribution >= 0.6 is 34.5 Å². The molecule has 0 unspecified atom stereocenters. The zero-order valence-electron chi connectivity index (χ0n) is 13.2. The number of aryl methyl sites for hydroxylation is 1. The summed E-state index contributed by atoms with van der Waals surface area (Å²) in [6.45, 7) is 2.64. The van der Waals surface area contributed by atoms with Crippen LogP contribution in [0, 0.1) is 6.92 Å². The van der Waals surface area contributed by atoms with Crippen molar-refractivity contribution in [3.8, 4) is 11.5 Å². The van der Waals surface area contributed by atoms with Crippen LogP contribution in [0.5, 0.6) is 0 Å². The van der Waals surface area contributed by atoms with Gasteiger partial charge in [0.15, 0.2) is 5.82 Å². The maximum Gasteiger partial charge on any atom is 0.180 e. The number of hydrogen-bond acceptors (Lipinski definition) is 5. The van der Waals surface area contributed by atoms with Gasteiger partial charge in [0.25, 0.3) is 0 Å². The number of anilines is 1. The topological polar surface area (TPSA) is 66.5 Å². The number of rotatable bonds is 4. The predicted octanol–water partition coefficient (Wildman–Crippen LogP) is 5.31. The molecule has 0 amide bonds. The minimum atomic E-state index is 0.540. The Morgan fingerprint density at radius 1 is 1.12 bits per heavy atom. The molecule has 3 heterocycles. The summed E-state index contributed by atoms with van der Waals surface area (Å²) in [5.74, 6) is 1.40. The van der Waals surface area contributed by atoms with Crippen molar-refractivity contribution in [3.63, 3.8) is 0 Å². The van der Waals surface area contributed by atoms with Crippen LogP contribution in [0.15, 0.2) is 36.5 Å². The Bertz CT molecular complexity index is 1040. The fourth-order valence-electron chi connectivity index (χ4n) is 2.51. The molecule has 0 bridgehead atoms. The fraction of sp³-hybridized carbons (Fsp3) is 0.118. The standard InChI is InChI=1S/C17H13Cl2N5S/c1-9-6-11-15(20-8-10-2-3-12(18)13(19)7-10)22-16(23-17(11)25-9)14-4-5-21-24-14/h2-7H,8H2,1H3,(H,21,24)(H,20,22,23). The number of nitrogens with one attached hydrogen (secondary N) is 2. The third-order valence-electron chi connectivity index (χ3n) is 3.70. The number of hydrogen-bond donors (Lipinski definition) is 2. The van der Waals surface area contributed by atoms with Crippen LogP contribution in [0.25, 0.3) is 21.7 Å². The van der Waals surface area contributed by atoms with Crippen molar-refractivity contribution in [2.24, 2.45) is 0 Å². The lowest BCUT2D eigenvalue weighted by Gasteiger charge is -2.09. The lowest BCUT2D eigenvalue weighted by Crippen LogP contribution is -2.03. The number of H-pyrrole nitrogens is 1. The van der Waals surface area contributed by atoms with E-state index in [0.717, 1.165) is 27.3 Å². The van der Waals surface area contributed by atoms with Crippen LogP contribution < -0.4 is 5.32 Å². The molecule has 0 aliphatic rings. The van der Waals surface area contributed by atoms with Crippen LogP contribution in [0.2, 0.25) is 10.0 Å². The summed E-state index contributed by atoms with van der Waals surface area (Å²) in [7, 11) is 0. The first-order valence-corrected chi connectivity index (χ1v) is 9.13. The minimum Gasteiger partial charge on any atom is -0.365 e.